The summed E-state index contributed by atoms with van der Waals surface area (Å²) in [6.07, 6.45) is 3.16. The van der Waals surface area contributed by atoms with Gasteiger partial charge < -0.3 is 0 Å². The molecule has 5 nitrogen and oxygen atoms in total. The molecule has 0 fully saturated rings. The molecule has 0 radical (unpaired) electrons. The summed E-state index contributed by atoms with van der Waals surface area (Å²) in [7, 11) is -2.29. The lowest BCUT2D eigenvalue weighted by Gasteiger charge is -2.20. The minimum absolute atomic E-state index is 0.192. The number of fused-ring (bicyclic) bond motifs is 1. The monoisotopic (exact) mass is 275 g/mol. The maximum Gasteiger partial charge on any atom is 0.244 e. The van der Waals surface area contributed by atoms with Crippen LogP contribution in [0.2, 0.25) is 0 Å². The van der Waals surface area contributed by atoms with E-state index in [1.807, 2.05) is 6.07 Å². The lowest BCUT2D eigenvalue weighted by Crippen LogP contribution is -2.34. The third-order valence-corrected chi connectivity index (χ3v) is 5.02. The first-order chi connectivity index (χ1) is 8.98. The first-order valence-corrected chi connectivity index (χ1v) is 7.13. The van der Waals surface area contributed by atoms with Gasteiger partial charge in [-0.1, -0.05) is 12.1 Å². The van der Waals surface area contributed by atoms with Gasteiger partial charge in [-0.3, -0.25) is 4.98 Å². The Morgan fingerprint density at radius 3 is 2.79 bits per heavy atom. The van der Waals surface area contributed by atoms with Crippen molar-refractivity contribution >= 4 is 20.8 Å². The standard InChI is InChI=1S/C13H13N3O2S/c1-10(8-14)16(2)19(17,18)13-5-3-4-11-9-15-7-6-12(11)13/h3-7,9-10H,1-2H3. The van der Waals surface area contributed by atoms with E-state index in [1.165, 1.54) is 13.1 Å². The number of hydrogen-bond acceptors (Lipinski definition) is 4. The summed E-state index contributed by atoms with van der Waals surface area (Å²) in [4.78, 5) is 4.16. The number of nitriles is 1. The highest BCUT2D eigenvalue weighted by atomic mass is 32.2. The van der Waals surface area contributed by atoms with Crippen LogP contribution in [0.25, 0.3) is 10.8 Å². The Morgan fingerprint density at radius 1 is 1.37 bits per heavy atom. The van der Waals surface area contributed by atoms with Gasteiger partial charge in [-0.05, 0) is 19.1 Å². The predicted octanol–water partition coefficient (Wildman–Crippen LogP) is 1.77. The van der Waals surface area contributed by atoms with Crippen molar-refractivity contribution in [2.24, 2.45) is 0 Å². The van der Waals surface area contributed by atoms with Crippen LogP contribution < -0.4 is 0 Å². The van der Waals surface area contributed by atoms with Crippen molar-refractivity contribution in [1.82, 2.24) is 9.29 Å². The highest BCUT2D eigenvalue weighted by Crippen LogP contribution is 2.25. The normalized spacial score (nSPS) is 13.4. The third kappa shape index (κ3) is 2.30. The topological polar surface area (TPSA) is 74.1 Å². The van der Waals surface area contributed by atoms with Gasteiger partial charge in [0.15, 0.2) is 0 Å². The molecule has 0 amide bonds. The molecule has 1 aromatic heterocycles. The van der Waals surface area contributed by atoms with E-state index in [-0.39, 0.29) is 4.90 Å². The average Bonchev–Trinajstić information content (AvgIpc) is 2.44. The van der Waals surface area contributed by atoms with Gasteiger partial charge in [-0.15, -0.1) is 0 Å². The lowest BCUT2D eigenvalue weighted by atomic mass is 10.2. The molecule has 0 aliphatic rings. The van der Waals surface area contributed by atoms with Crippen molar-refractivity contribution in [2.45, 2.75) is 17.9 Å². The van der Waals surface area contributed by atoms with Crippen molar-refractivity contribution in [3.05, 3.63) is 36.7 Å². The first kappa shape index (κ1) is 13.5. The third-order valence-electron chi connectivity index (χ3n) is 3.03. The summed E-state index contributed by atoms with van der Waals surface area (Å²) in [6.45, 7) is 1.55. The SMILES string of the molecule is CC(C#N)N(C)S(=O)(=O)c1cccc2cnccc12. The number of benzene rings is 1. The summed E-state index contributed by atoms with van der Waals surface area (Å²) in [5.74, 6) is 0. The molecule has 2 aromatic rings. The van der Waals surface area contributed by atoms with Gasteiger partial charge in [0, 0.05) is 30.2 Å². The first-order valence-electron chi connectivity index (χ1n) is 5.69. The number of sulfonamides is 1. The fourth-order valence-electron chi connectivity index (χ4n) is 1.76. The van der Waals surface area contributed by atoms with Gasteiger partial charge in [0.2, 0.25) is 10.0 Å². The quantitative estimate of drug-likeness (QED) is 0.855. The molecular weight excluding hydrogens is 262 g/mol. The molecule has 1 atom stereocenters. The molecule has 6 heteroatoms. The zero-order valence-corrected chi connectivity index (χ0v) is 11.4. The Kier molecular flexibility index (Phi) is 3.51. The molecule has 1 aromatic carbocycles. The highest BCUT2D eigenvalue weighted by Gasteiger charge is 2.26. The van der Waals surface area contributed by atoms with E-state index in [0.717, 1.165) is 9.69 Å². The van der Waals surface area contributed by atoms with Crippen LogP contribution in [0, 0.1) is 11.3 Å². The van der Waals surface area contributed by atoms with Crippen LogP contribution in [0.15, 0.2) is 41.6 Å². The summed E-state index contributed by atoms with van der Waals surface area (Å²) < 4.78 is 26.1. The van der Waals surface area contributed by atoms with E-state index in [4.69, 9.17) is 5.26 Å². The van der Waals surface area contributed by atoms with Crippen LogP contribution in [-0.4, -0.2) is 30.8 Å². The van der Waals surface area contributed by atoms with Crippen molar-refractivity contribution in [1.29, 1.82) is 5.26 Å². The summed E-state index contributed by atoms with van der Waals surface area (Å²) >= 11 is 0. The summed E-state index contributed by atoms with van der Waals surface area (Å²) in [5, 5.41) is 10.2. The second-order valence-corrected chi connectivity index (χ2v) is 6.15. The Bertz CT molecular complexity index is 745. The minimum atomic E-state index is -3.69. The number of nitrogens with zero attached hydrogens (tertiary/aromatic N) is 3. The Balaban J connectivity index is 2.65. The fraction of sp³-hybridized carbons (Fsp3) is 0.231. The van der Waals surface area contributed by atoms with Crippen LogP contribution in [0.3, 0.4) is 0 Å². The summed E-state index contributed by atoms with van der Waals surface area (Å²) in [5.41, 5.74) is 0. The molecule has 0 spiro atoms. The molecule has 0 saturated heterocycles. The number of rotatable bonds is 3. The van der Waals surface area contributed by atoms with E-state index in [2.05, 4.69) is 4.98 Å². The van der Waals surface area contributed by atoms with Crippen molar-refractivity contribution in [2.75, 3.05) is 7.05 Å². The Labute approximate surface area is 112 Å². The fourth-order valence-corrected chi connectivity index (χ4v) is 3.25. The molecule has 0 aliphatic heterocycles. The van der Waals surface area contributed by atoms with Gasteiger partial charge in [0.1, 0.15) is 6.04 Å². The van der Waals surface area contributed by atoms with Crippen LogP contribution >= 0.6 is 0 Å². The average molecular weight is 275 g/mol. The van der Waals surface area contributed by atoms with E-state index >= 15 is 0 Å². The van der Waals surface area contributed by atoms with Gasteiger partial charge in [0.05, 0.1) is 11.0 Å². The van der Waals surface area contributed by atoms with Gasteiger partial charge >= 0.3 is 0 Å². The Morgan fingerprint density at radius 2 is 2.11 bits per heavy atom. The molecule has 98 valence electrons. The zero-order valence-electron chi connectivity index (χ0n) is 10.6. The van der Waals surface area contributed by atoms with Gasteiger partial charge in [0.25, 0.3) is 0 Å². The van der Waals surface area contributed by atoms with Gasteiger partial charge in [-0.25, -0.2) is 8.42 Å². The highest BCUT2D eigenvalue weighted by molar-refractivity contribution is 7.89. The smallest absolute Gasteiger partial charge is 0.244 e. The number of hydrogen-bond donors (Lipinski definition) is 0. The maximum absolute atomic E-state index is 12.5. The predicted molar refractivity (Wildman–Crippen MR) is 71.8 cm³/mol. The molecule has 19 heavy (non-hydrogen) atoms. The largest absolute Gasteiger partial charge is 0.264 e. The summed E-state index contributed by atoms with van der Waals surface area (Å²) in [6, 6.07) is 7.87. The zero-order chi connectivity index (χ0) is 14.0. The van der Waals surface area contributed by atoms with Crippen molar-refractivity contribution in [3.8, 4) is 6.07 Å². The molecule has 1 unspecified atom stereocenters. The minimum Gasteiger partial charge on any atom is -0.264 e. The Hall–Kier alpha value is -1.97. The molecule has 0 bridgehead atoms. The maximum atomic E-state index is 12.5. The van der Waals surface area contributed by atoms with E-state index in [9.17, 15) is 8.42 Å². The number of pyridine rings is 1. The lowest BCUT2D eigenvalue weighted by molar-refractivity contribution is 0.442. The van der Waals surface area contributed by atoms with Crippen molar-refractivity contribution in [3.63, 3.8) is 0 Å². The second-order valence-electron chi connectivity index (χ2n) is 4.18. The molecular formula is C13H13N3O2S. The van der Waals surface area contributed by atoms with E-state index in [0.29, 0.717) is 5.39 Å². The van der Waals surface area contributed by atoms with Crippen molar-refractivity contribution < 1.29 is 8.42 Å². The number of aromatic nitrogens is 1. The van der Waals surface area contributed by atoms with Crippen LogP contribution in [0.5, 0.6) is 0 Å². The molecule has 1 heterocycles. The van der Waals surface area contributed by atoms with E-state index in [1.54, 1.807) is 37.5 Å². The van der Waals surface area contributed by atoms with Crippen LogP contribution in [0.4, 0.5) is 0 Å². The van der Waals surface area contributed by atoms with Gasteiger partial charge in [-0.2, -0.15) is 9.57 Å². The molecule has 0 N–H and O–H groups in total. The van der Waals surface area contributed by atoms with Crippen LogP contribution in [-0.2, 0) is 10.0 Å². The molecule has 0 saturated carbocycles. The van der Waals surface area contributed by atoms with E-state index < -0.39 is 16.1 Å². The molecule has 0 aliphatic carbocycles. The van der Waals surface area contributed by atoms with Crippen LogP contribution in [0.1, 0.15) is 6.92 Å². The second kappa shape index (κ2) is 4.96. The molecule has 2 rings (SSSR count).